The van der Waals surface area contributed by atoms with Gasteiger partial charge >= 0.3 is 0 Å². The maximum Gasteiger partial charge on any atom is 0.191 e. The molecule has 0 aromatic heterocycles. The molecule has 27 heavy (non-hydrogen) atoms. The van der Waals surface area contributed by atoms with Gasteiger partial charge in [-0.3, -0.25) is 4.99 Å². The topological polar surface area (TPSA) is 54.9 Å². The summed E-state index contributed by atoms with van der Waals surface area (Å²) in [6, 6.07) is 6.09. The van der Waals surface area contributed by atoms with Gasteiger partial charge in [-0.25, -0.2) is 0 Å². The predicted octanol–water partition coefficient (Wildman–Crippen LogP) is 4.05. The van der Waals surface area contributed by atoms with E-state index in [1.807, 2.05) is 12.1 Å². The minimum absolute atomic E-state index is 0. The number of thioether (sulfide) groups is 1. The smallest absolute Gasteiger partial charge is 0.191 e. The first kappa shape index (κ1) is 24.2. The maximum atomic E-state index is 5.44. The number of guanidine groups is 1. The van der Waals surface area contributed by atoms with E-state index in [0.717, 1.165) is 30.5 Å². The number of benzene rings is 1. The molecule has 1 fully saturated rings. The van der Waals surface area contributed by atoms with Gasteiger partial charge < -0.3 is 20.1 Å². The summed E-state index contributed by atoms with van der Waals surface area (Å²) in [5.74, 6) is 3.69. The fraction of sp³-hybridized carbons (Fsp3) is 0.650. The lowest BCUT2D eigenvalue weighted by Crippen LogP contribution is -2.41. The molecular formula is C20H34IN3O2S. The molecule has 0 radical (unpaired) electrons. The monoisotopic (exact) mass is 507 g/mol. The SMILES string of the molecule is CCNC(=NCC(C)(C)c1ccc(OC)c(OC)c1)NCC1CCCS1.I. The van der Waals surface area contributed by atoms with E-state index in [2.05, 4.69) is 49.2 Å². The number of hydrogen-bond acceptors (Lipinski definition) is 4. The molecule has 0 aliphatic carbocycles. The Morgan fingerprint density at radius 2 is 1.96 bits per heavy atom. The molecule has 1 aliphatic rings. The van der Waals surface area contributed by atoms with Crippen molar-refractivity contribution < 1.29 is 9.47 Å². The van der Waals surface area contributed by atoms with Crippen LogP contribution in [0.15, 0.2) is 23.2 Å². The number of nitrogens with one attached hydrogen (secondary N) is 2. The van der Waals surface area contributed by atoms with Crippen LogP contribution in [0.3, 0.4) is 0 Å². The molecule has 1 aromatic rings. The van der Waals surface area contributed by atoms with Crippen molar-refractivity contribution in [3.8, 4) is 11.5 Å². The van der Waals surface area contributed by atoms with Crippen molar-refractivity contribution >= 4 is 41.7 Å². The van der Waals surface area contributed by atoms with Gasteiger partial charge in [-0.05, 0) is 43.2 Å². The van der Waals surface area contributed by atoms with Gasteiger partial charge in [0.05, 0.1) is 20.8 Å². The summed E-state index contributed by atoms with van der Waals surface area (Å²) in [5, 5.41) is 7.56. The highest BCUT2D eigenvalue weighted by Crippen LogP contribution is 2.33. The first-order valence-electron chi connectivity index (χ1n) is 9.36. The van der Waals surface area contributed by atoms with E-state index in [1.165, 1.54) is 24.2 Å². The Bertz CT molecular complexity index is 605. The van der Waals surface area contributed by atoms with Crippen molar-refractivity contribution in [3.63, 3.8) is 0 Å². The fourth-order valence-corrected chi connectivity index (χ4v) is 4.18. The third-order valence-electron chi connectivity index (χ3n) is 4.66. The minimum atomic E-state index is -0.107. The summed E-state index contributed by atoms with van der Waals surface area (Å²) in [6.07, 6.45) is 2.63. The summed E-state index contributed by atoms with van der Waals surface area (Å²) in [4.78, 5) is 4.83. The van der Waals surface area contributed by atoms with Crippen molar-refractivity contribution in [2.24, 2.45) is 4.99 Å². The van der Waals surface area contributed by atoms with Crippen molar-refractivity contribution in [1.82, 2.24) is 10.6 Å². The van der Waals surface area contributed by atoms with Gasteiger partial charge in [0, 0.05) is 23.8 Å². The van der Waals surface area contributed by atoms with E-state index in [9.17, 15) is 0 Å². The van der Waals surface area contributed by atoms with Crippen LogP contribution in [-0.4, -0.2) is 50.8 Å². The summed E-state index contributed by atoms with van der Waals surface area (Å²) in [6.45, 7) is 9.03. The second-order valence-corrected chi connectivity index (χ2v) is 8.57. The van der Waals surface area contributed by atoms with Gasteiger partial charge in [-0.2, -0.15) is 11.8 Å². The number of hydrogen-bond donors (Lipinski definition) is 2. The fourth-order valence-electron chi connectivity index (χ4n) is 2.98. The minimum Gasteiger partial charge on any atom is -0.493 e. The third-order valence-corrected chi connectivity index (χ3v) is 6.06. The molecule has 1 saturated heterocycles. The molecule has 1 heterocycles. The van der Waals surface area contributed by atoms with Crippen LogP contribution in [0.5, 0.6) is 11.5 Å². The van der Waals surface area contributed by atoms with Crippen LogP contribution in [0.4, 0.5) is 0 Å². The van der Waals surface area contributed by atoms with Gasteiger partial charge in [0.2, 0.25) is 0 Å². The van der Waals surface area contributed by atoms with Crippen LogP contribution >= 0.6 is 35.7 Å². The number of nitrogens with zero attached hydrogens (tertiary/aromatic N) is 1. The summed E-state index contributed by atoms with van der Waals surface area (Å²) >= 11 is 2.06. The molecule has 7 heteroatoms. The molecule has 1 aromatic carbocycles. The summed E-state index contributed by atoms with van der Waals surface area (Å²) in [7, 11) is 3.32. The highest BCUT2D eigenvalue weighted by Gasteiger charge is 2.23. The molecule has 1 aliphatic heterocycles. The Hall–Kier alpha value is -0.830. The molecule has 0 spiro atoms. The number of halogens is 1. The molecule has 0 bridgehead atoms. The normalized spacial score (nSPS) is 17.2. The van der Waals surface area contributed by atoms with Crippen molar-refractivity contribution in [3.05, 3.63) is 23.8 Å². The number of methoxy groups -OCH3 is 2. The Morgan fingerprint density at radius 1 is 1.22 bits per heavy atom. The zero-order chi connectivity index (χ0) is 19.0. The summed E-state index contributed by atoms with van der Waals surface area (Å²) in [5.41, 5.74) is 1.07. The highest BCUT2D eigenvalue weighted by atomic mass is 127. The second-order valence-electron chi connectivity index (χ2n) is 7.16. The van der Waals surface area contributed by atoms with Gasteiger partial charge in [0.15, 0.2) is 17.5 Å². The van der Waals surface area contributed by atoms with E-state index >= 15 is 0 Å². The van der Waals surface area contributed by atoms with Gasteiger partial charge in [-0.1, -0.05) is 19.9 Å². The van der Waals surface area contributed by atoms with Crippen LogP contribution in [0, 0.1) is 0 Å². The Kier molecular flexibility index (Phi) is 10.7. The van der Waals surface area contributed by atoms with Crippen molar-refractivity contribution in [1.29, 1.82) is 0 Å². The largest absolute Gasteiger partial charge is 0.493 e. The molecule has 154 valence electrons. The predicted molar refractivity (Wildman–Crippen MR) is 127 cm³/mol. The lowest BCUT2D eigenvalue weighted by Gasteiger charge is -2.25. The molecular weight excluding hydrogens is 473 g/mol. The van der Waals surface area contributed by atoms with E-state index in [4.69, 9.17) is 14.5 Å². The number of ether oxygens (including phenoxy) is 2. The maximum absolute atomic E-state index is 5.44. The zero-order valence-corrected chi connectivity index (χ0v) is 20.3. The van der Waals surface area contributed by atoms with Crippen LogP contribution in [-0.2, 0) is 5.41 Å². The average molecular weight is 507 g/mol. The Morgan fingerprint density at radius 3 is 2.56 bits per heavy atom. The van der Waals surface area contributed by atoms with Crippen LogP contribution in [0.1, 0.15) is 39.2 Å². The van der Waals surface area contributed by atoms with Gasteiger partial charge in [0.25, 0.3) is 0 Å². The first-order valence-corrected chi connectivity index (χ1v) is 10.4. The number of aliphatic imine (C=N–C) groups is 1. The molecule has 5 nitrogen and oxygen atoms in total. The molecule has 1 unspecified atom stereocenters. The summed E-state index contributed by atoms with van der Waals surface area (Å²) < 4.78 is 10.8. The van der Waals surface area contributed by atoms with E-state index in [-0.39, 0.29) is 29.4 Å². The average Bonchev–Trinajstić information content (AvgIpc) is 3.17. The molecule has 0 amide bonds. The van der Waals surface area contributed by atoms with Crippen molar-refractivity contribution in [2.45, 2.75) is 44.3 Å². The lowest BCUT2D eigenvalue weighted by molar-refractivity contribution is 0.353. The Labute approximate surface area is 185 Å². The molecule has 2 rings (SSSR count). The number of rotatable bonds is 8. The van der Waals surface area contributed by atoms with E-state index in [1.54, 1.807) is 14.2 Å². The second kappa shape index (κ2) is 11.9. The highest BCUT2D eigenvalue weighted by molar-refractivity contribution is 14.0. The quantitative estimate of drug-likeness (QED) is 0.316. The van der Waals surface area contributed by atoms with E-state index in [0.29, 0.717) is 11.8 Å². The van der Waals surface area contributed by atoms with Crippen LogP contribution < -0.4 is 20.1 Å². The first-order chi connectivity index (χ1) is 12.5. The lowest BCUT2D eigenvalue weighted by atomic mass is 9.84. The van der Waals surface area contributed by atoms with Crippen LogP contribution in [0.25, 0.3) is 0 Å². The van der Waals surface area contributed by atoms with Gasteiger partial charge in [-0.15, -0.1) is 24.0 Å². The van der Waals surface area contributed by atoms with Crippen molar-refractivity contribution in [2.75, 3.05) is 39.6 Å². The Balaban J connectivity index is 0.00000364. The van der Waals surface area contributed by atoms with E-state index < -0.39 is 0 Å². The molecule has 0 saturated carbocycles. The zero-order valence-electron chi connectivity index (χ0n) is 17.1. The van der Waals surface area contributed by atoms with Gasteiger partial charge in [0.1, 0.15) is 0 Å². The third kappa shape index (κ3) is 7.25. The molecule has 2 N–H and O–H groups in total. The van der Waals surface area contributed by atoms with Crippen LogP contribution in [0.2, 0.25) is 0 Å². The molecule has 1 atom stereocenters. The standard InChI is InChI=1S/C20H33N3O2S.HI/c1-6-21-19(22-13-16-8-7-11-26-16)23-14-20(2,3)15-9-10-17(24-4)18(12-15)25-5;/h9-10,12,16H,6-8,11,13-14H2,1-5H3,(H2,21,22,23);1H.